The van der Waals surface area contributed by atoms with Crippen LogP contribution in [-0.2, 0) is 4.74 Å². The Balaban J connectivity index is 1.86. The summed E-state index contributed by atoms with van der Waals surface area (Å²) in [6.07, 6.45) is 3.43. The molecule has 1 aromatic heterocycles. The Kier molecular flexibility index (Phi) is 3.06. The van der Waals surface area contributed by atoms with Crippen molar-refractivity contribution in [3.05, 3.63) is 59.0 Å². The normalized spacial score (nSPS) is 19.8. The van der Waals surface area contributed by atoms with Crippen LogP contribution < -0.4 is 0 Å². The van der Waals surface area contributed by atoms with E-state index in [9.17, 15) is 0 Å². The summed E-state index contributed by atoms with van der Waals surface area (Å²) in [6, 6.07) is 10.8. The molecule has 1 aliphatic heterocycles. The summed E-state index contributed by atoms with van der Waals surface area (Å²) in [5.74, 6) is 0. The zero-order valence-corrected chi connectivity index (χ0v) is 11.3. The van der Waals surface area contributed by atoms with Crippen molar-refractivity contribution in [2.45, 2.75) is 19.4 Å². The highest BCUT2D eigenvalue weighted by atomic mass is 32.1. The lowest BCUT2D eigenvalue weighted by atomic mass is 10.0. The van der Waals surface area contributed by atoms with E-state index >= 15 is 0 Å². The molecule has 1 atom stereocenters. The largest absolute Gasteiger partial charge is 0.368 e. The van der Waals surface area contributed by atoms with Crippen molar-refractivity contribution in [2.24, 2.45) is 0 Å². The first-order valence-electron chi connectivity index (χ1n) is 6.19. The zero-order valence-electron chi connectivity index (χ0n) is 10.5. The number of hydrogen-bond donors (Lipinski definition) is 0. The summed E-state index contributed by atoms with van der Waals surface area (Å²) in [4.78, 5) is 1.33. The molecular formula is C16H16OS. The maximum absolute atomic E-state index is 5.95. The quantitative estimate of drug-likeness (QED) is 0.745. The molecule has 0 fully saturated rings. The molecule has 1 unspecified atom stereocenters. The topological polar surface area (TPSA) is 9.23 Å². The molecule has 1 nitrogen and oxygen atoms in total. The maximum atomic E-state index is 5.95. The molecule has 0 radical (unpaired) electrons. The van der Waals surface area contributed by atoms with E-state index in [2.05, 4.69) is 43.0 Å². The van der Waals surface area contributed by atoms with Crippen molar-refractivity contribution in [1.29, 1.82) is 0 Å². The van der Waals surface area contributed by atoms with Crippen molar-refractivity contribution in [1.82, 2.24) is 0 Å². The van der Waals surface area contributed by atoms with Crippen LogP contribution in [0.25, 0.3) is 10.1 Å². The highest BCUT2D eigenvalue weighted by Gasteiger charge is 2.18. The SMILES string of the molecule is C=C(C)C1=CCC(c2cc3ccccc3s2)OC1. The second-order valence-corrected chi connectivity index (χ2v) is 5.85. The first-order valence-corrected chi connectivity index (χ1v) is 7.00. The number of hydrogen-bond acceptors (Lipinski definition) is 2. The highest BCUT2D eigenvalue weighted by molar-refractivity contribution is 7.19. The summed E-state index contributed by atoms with van der Waals surface area (Å²) in [7, 11) is 0. The van der Waals surface area contributed by atoms with E-state index < -0.39 is 0 Å². The van der Waals surface area contributed by atoms with Gasteiger partial charge in [-0.25, -0.2) is 0 Å². The molecule has 2 aromatic rings. The van der Waals surface area contributed by atoms with Gasteiger partial charge in [0.15, 0.2) is 0 Å². The lowest BCUT2D eigenvalue weighted by molar-refractivity contribution is 0.0654. The lowest BCUT2D eigenvalue weighted by Gasteiger charge is -2.22. The van der Waals surface area contributed by atoms with Gasteiger partial charge in [-0.3, -0.25) is 0 Å². The Labute approximate surface area is 111 Å². The summed E-state index contributed by atoms with van der Waals surface area (Å²) in [6.45, 7) is 6.69. The van der Waals surface area contributed by atoms with Gasteiger partial charge in [-0.15, -0.1) is 11.3 Å². The number of rotatable bonds is 2. The van der Waals surface area contributed by atoms with E-state index in [0.29, 0.717) is 6.61 Å². The fourth-order valence-electron chi connectivity index (χ4n) is 2.22. The van der Waals surface area contributed by atoms with Crippen LogP contribution in [0.3, 0.4) is 0 Å². The van der Waals surface area contributed by atoms with Gasteiger partial charge < -0.3 is 4.74 Å². The van der Waals surface area contributed by atoms with E-state index in [4.69, 9.17) is 4.74 Å². The van der Waals surface area contributed by atoms with E-state index in [1.807, 2.05) is 18.3 Å². The third-order valence-electron chi connectivity index (χ3n) is 3.33. The van der Waals surface area contributed by atoms with Crippen LogP contribution in [0.5, 0.6) is 0 Å². The second kappa shape index (κ2) is 4.71. The first kappa shape index (κ1) is 11.7. The minimum atomic E-state index is 0.213. The molecule has 0 amide bonds. The van der Waals surface area contributed by atoms with E-state index in [-0.39, 0.29) is 6.10 Å². The average molecular weight is 256 g/mol. The number of benzene rings is 1. The molecule has 0 saturated heterocycles. The van der Waals surface area contributed by atoms with Gasteiger partial charge in [0.2, 0.25) is 0 Å². The van der Waals surface area contributed by atoms with Gasteiger partial charge in [0, 0.05) is 9.58 Å². The molecule has 1 aliphatic rings. The van der Waals surface area contributed by atoms with E-state index in [1.54, 1.807) is 0 Å². The Bertz CT molecular complexity index is 588. The molecule has 92 valence electrons. The summed E-state index contributed by atoms with van der Waals surface area (Å²) in [5, 5.41) is 1.32. The molecule has 0 bridgehead atoms. The predicted molar refractivity (Wildman–Crippen MR) is 78.0 cm³/mol. The van der Waals surface area contributed by atoms with Crippen LogP contribution in [0.4, 0.5) is 0 Å². The monoisotopic (exact) mass is 256 g/mol. The van der Waals surface area contributed by atoms with Crippen molar-refractivity contribution in [3.8, 4) is 0 Å². The third kappa shape index (κ3) is 2.14. The molecule has 0 N–H and O–H groups in total. The van der Waals surface area contributed by atoms with E-state index in [0.717, 1.165) is 12.0 Å². The van der Waals surface area contributed by atoms with Crippen LogP contribution in [0.2, 0.25) is 0 Å². The number of thiophene rings is 1. The molecule has 18 heavy (non-hydrogen) atoms. The Morgan fingerprint density at radius 1 is 1.39 bits per heavy atom. The molecule has 0 spiro atoms. The number of fused-ring (bicyclic) bond motifs is 1. The van der Waals surface area contributed by atoms with Gasteiger partial charge in [0.05, 0.1) is 12.7 Å². The molecule has 0 saturated carbocycles. The first-order chi connectivity index (χ1) is 8.74. The van der Waals surface area contributed by atoms with E-state index in [1.165, 1.54) is 20.5 Å². The predicted octanol–water partition coefficient (Wildman–Crippen LogP) is 4.87. The Morgan fingerprint density at radius 2 is 2.22 bits per heavy atom. The van der Waals surface area contributed by atoms with Crippen LogP contribution in [0, 0.1) is 0 Å². The van der Waals surface area contributed by atoms with Crippen molar-refractivity contribution in [3.63, 3.8) is 0 Å². The van der Waals surface area contributed by atoms with Gasteiger partial charge in [0.1, 0.15) is 0 Å². The minimum absolute atomic E-state index is 0.213. The van der Waals surface area contributed by atoms with Crippen LogP contribution in [0.1, 0.15) is 24.3 Å². The van der Waals surface area contributed by atoms with Gasteiger partial charge >= 0.3 is 0 Å². The summed E-state index contributed by atoms with van der Waals surface area (Å²) < 4.78 is 7.29. The summed E-state index contributed by atoms with van der Waals surface area (Å²) >= 11 is 1.84. The van der Waals surface area contributed by atoms with Gasteiger partial charge in [-0.05, 0) is 36.4 Å². The van der Waals surface area contributed by atoms with Crippen molar-refractivity contribution < 1.29 is 4.74 Å². The average Bonchev–Trinajstić information content (AvgIpc) is 2.82. The maximum Gasteiger partial charge on any atom is 0.0956 e. The fraction of sp³-hybridized carbons (Fsp3) is 0.250. The lowest BCUT2D eigenvalue weighted by Crippen LogP contribution is -2.11. The zero-order chi connectivity index (χ0) is 12.5. The van der Waals surface area contributed by atoms with Crippen molar-refractivity contribution in [2.75, 3.05) is 6.61 Å². The van der Waals surface area contributed by atoms with Crippen LogP contribution in [-0.4, -0.2) is 6.61 Å². The molecule has 1 aromatic carbocycles. The Hall–Kier alpha value is -1.38. The second-order valence-electron chi connectivity index (χ2n) is 4.73. The van der Waals surface area contributed by atoms with Gasteiger partial charge in [-0.2, -0.15) is 0 Å². The molecular weight excluding hydrogens is 240 g/mol. The fourth-order valence-corrected chi connectivity index (χ4v) is 3.35. The Morgan fingerprint density at radius 3 is 2.89 bits per heavy atom. The molecule has 2 heteroatoms. The minimum Gasteiger partial charge on any atom is -0.368 e. The molecule has 2 heterocycles. The van der Waals surface area contributed by atoms with Crippen LogP contribution in [0.15, 0.2) is 54.1 Å². The standard InChI is InChI=1S/C16H16OS/c1-11(2)13-7-8-14(17-10-13)16-9-12-5-3-4-6-15(12)18-16/h3-7,9,14H,1,8,10H2,2H3. The summed E-state index contributed by atoms with van der Waals surface area (Å²) in [5.41, 5.74) is 2.36. The van der Waals surface area contributed by atoms with Crippen molar-refractivity contribution >= 4 is 21.4 Å². The smallest absolute Gasteiger partial charge is 0.0956 e. The third-order valence-corrected chi connectivity index (χ3v) is 4.54. The highest BCUT2D eigenvalue weighted by Crippen LogP contribution is 2.36. The van der Waals surface area contributed by atoms with Gasteiger partial charge in [-0.1, -0.05) is 36.4 Å². The number of ether oxygens (including phenoxy) is 1. The van der Waals surface area contributed by atoms with Gasteiger partial charge in [0.25, 0.3) is 0 Å². The van der Waals surface area contributed by atoms with Crippen LogP contribution >= 0.6 is 11.3 Å². The molecule has 3 rings (SSSR count). The molecule has 0 aliphatic carbocycles.